The minimum absolute atomic E-state index is 0.0940. The second-order valence-corrected chi connectivity index (χ2v) is 7.37. The fourth-order valence-electron chi connectivity index (χ4n) is 2.66. The molecule has 0 fully saturated rings. The minimum atomic E-state index is -0.827. The highest BCUT2D eigenvalue weighted by Crippen LogP contribution is 2.11. The maximum atomic E-state index is 12.7. The van der Waals surface area contributed by atoms with Gasteiger partial charge in [-0.25, -0.2) is 9.59 Å². The molecule has 0 aliphatic heterocycles. The van der Waals surface area contributed by atoms with E-state index in [1.54, 1.807) is 31.2 Å². The topological polar surface area (TPSA) is 97.4 Å². The molecule has 3 rings (SSSR count). The van der Waals surface area contributed by atoms with Gasteiger partial charge in [-0.05, 0) is 31.5 Å². The van der Waals surface area contributed by atoms with Crippen molar-refractivity contribution in [2.75, 3.05) is 6.61 Å². The van der Waals surface area contributed by atoms with E-state index < -0.39 is 11.5 Å². The van der Waals surface area contributed by atoms with E-state index in [0.29, 0.717) is 5.56 Å². The first-order valence-corrected chi connectivity index (χ1v) is 10.00. The lowest BCUT2D eigenvalue weighted by Crippen LogP contribution is -2.46. The Balaban J connectivity index is 1.94. The van der Waals surface area contributed by atoms with Crippen molar-refractivity contribution >= 4 is 33.9 Å². The molecule has 2 aromatic carbocycles. The molecule has 9 heteroatoms. The Labute approximate surface area is 180 Å². The Kier molecular flexibility index (Phi) is 6.73. The van der Waals surface area contributed by atoms with Gasteiger partial charge in [0.2, 0.25) is 5.78 Å². The predicted octanol–water partition coefficient (Wildman–Crippen LogP) is 2.48. The zero-order valence-electron chi connectivity index (χ0n) is 16.5. The third kappa shape index (κ3) is 4.98. The molecular formula is C21H20BrN4O4+. The van der Waals surface area contributed by atoms with Crippen LogP contribution in [0.15, 0.2) is 62.9 Å². The molecule has 0 atom stereocenters. The first-order valence-electron chi connectivity index (χ1n) is 9.21. The average Bonchev–Trinajstić information content (AvgIpc) is 3.03. The summed E-state index contributed by atoms with van der Waals surface area (Å²) in [6, 6.07) is 14.3. The summed E-state index contributed by atoms with van der Waals surface area (Å²) in [6.45, 7) is 3.44. The highest BCUT2D eigenvalue weighted by Gasteiger charge is 2.31. The number of nitrogens with one attached hydrogen (secondary N) is 1. The Hall–Kier alpha value is -3.33. The van der Waals surface area contributed by atoms with Crippen molar-refractivity contribution in [2.24, 2.45) is 5.10 Å². The molecule has 0 radical (unpaired) electrons. The molecule has 0 saturated heterocycles. The Morgan fingerprint density at radius 2 is 1.83 bits per heavy atom. The molecule has 154 valence electrons. The van der Waals surface area contributed by atoms with Crippen molar-refractivity contribution in [1.29, 1.82) is 0 Å². The molecule has 0 amide bonds. The predicted molar refractivity (Wildman–Crippen MR) is 114 cm³/mol. The van der Waals surface area contributed by atoms with Crippen LogP contribution in [0, 0.1) is 6.92 Å². The molecule has 1 N–H and O–H groups in total. The van der Waals surface area contributed by atoms with Crippen LogP contribution in [0.5, 0.6) is 0 Å². The summed E-state index contributed by atoms with van der Waals surface area (Å²) >= 11 is 3.32. The van der Waals surface area contributed by atoms with Crippen molar-refractivity contribution in [3.05, 3.63) is 85.7 Å². The van der Waals surface area contributed by atoms with Gasteiger partial charge >= 0.3 is 17.2 Å². The van der Waals surface area contributed by atoms with Gasteiger partial charge in [-0.2, -0.15) is 0 Å². The molecule has 0 spiro atoms. The summed E-state index contributed by atoms with van der Waals surface area (Å²) in [7, 11) is 0. The van der Waals surface area contributed by atoms with Crippen LogP contribution in [0.1, 0.15) is 38.9 Å². The fourth-order valence-corrected chi connectivity index (χ4v) is 2.93. The van der Waals surface area contributed by atoms with Gasteiger partial charge in [0, 0.05) is 14.8 Å². The zero-order chi connectivity index (χ0) is 21.7. The lowest BCUT2D eigenvalue weighted by Gasteiger charge is -2.01. The monoisotopic (exact) mass is 471 g/mol. The van der Waals surface area contributed by atoms with Gasteiger partial charge in [-0.15, -0.1) is 4.68 Å². The summed E-state index contributed by atoms with van der Waals surface area (Å²) < 4.78 is 6.97. The number of aromatic nitrogens is 3. The Morgan fingerprint density at radius 1 is 1.17 bits per heavy atom. The van der Waals surface area contributed by atoms with Crippen LogP contribution in [-0.2, 0) is 11.3 Å². The van der Waals surface area contributed by atoms with E-state index in [1.165, 1.54) is 6.21 Å². The van der Waals surface area contributed by atoms with Gasteiger partial charge in [-0.1, -0.05) is 68.2 Å². The first kappa shape index (κ1) is 21.4. The second-order valence-electron chi connectivity index (χ2n) is 6.46. The number of rotatable bonds is 7. The lowest BCUT2D eigenvalue weighted by atomic mass is 10.1. The summed E-state index contributed by atoms with van der Waals surface area (Å²) in [6.07, 6.45) is 1.48. The van der Waals surface area contributed by atoms with E-state index in [1.807, 2.05) is 31.2 Å². The number of aryl methyl sites for hydroxylation is 1. The van der Waals surface area contributed by atoms with Crippen molar-refractivity contribution in [3.8, 4) is 0 Å². The van der Waals surface area contributed by atoms with Gasteiger partial charge in [0.05, 0.1) is 12.8 Å². The van der Waals surface area contributed by atoms with E-state index in [4.69, 9.17) is 4.74 Å². The SMILES string of the molecule is CCOC(=O)c1c(=O)n(N=Cc2ccc(C)cc2)[nH][n+]1CC(=O)c1ccc(Br)cc1. The van der Waals surface area contributed by atoms with E-state index in [9.17, 15) is 14.4 Å². The summed E-state index contributed by atoms with van der Waals surface area (Å²) in [5.41, 5.74) is 1.30. The number of carbonyl (C=O) groups excluding carboxylic acids is 2. The number of hydrogen-bond acceptors (Lipinski definition) is 5. The van der Waals surface area contributed by atoms with Crippen molar-refractivity contribution in [1.82, 2.24) is 10.0 Å². The van der Waals surface area contributed by atoms with Crippen LogP contribution in [-0.4, -0.2) is 34.6 Å². The number of ether oxygens (including phenoxy) is 1. The van der Waals surface area contributed by atoms with Gasteiger partial charge in [0.1, 0.15) is 0 Å². The minimum Gasteiger partial charge on any atom is -0.459 e. The number of nitrogens with zero attached hydrogens (tertiary/aromatic N) is 3. The standard InChI is InChI=1S/C21H19BrN4O4/c1-3-30-21(29)19-20(28)26(23-12-15-6-4-14(2)5-7-15)24-25(19)13-18(27)16-8-10-17(22)11-9-16/h4-12H,3,13H2,1-2H3/p+1. The number of esters is 1. The van der Waals surface area contributed by atoms with Crippen molar-refractivity contribution < 1.29 is 19.0 Å². The molecule has 0 saturated carbocycles. The maximum Gasteiger partial charge on any atom is 0.434 e. The number of halogens is 1. The van der Waals surface area contributed by atoms with Crippen LogP contribution >= 0.6 is 15.9 Å². The van der Waals surface area contributed by atoms with Crippen LogP contribution in [0.4, 0.5) is 0 Å². The van der Waals surface area contributed by atoms with Gasteiger partial charge < -0.3 is 4.74 Å². The third-order valence-electron chi connectivity index (χ3n) is 4.22. The Morgan fingerprint density at radius 3 is 2.47 bits per heavy atom. The Bertz CT molecular complexity index is 1150. The van der Waals surface area contributed by atoms with E-state index in [-0.39, 0.29) is 24.6 Å². The van der Waals surface area contributed by atoms with Gasteiger partial charge in [-0.3, -0.25) is 4.79 Å². The largest absolute Gasteiger partial charge is 0.459 e. The normalized spacial score (nSPS) is 11.0. The number of hydrogen-bond donors (Lipinski definition) is 1. The quantitative estimate of drug-likeness (QED) is 0.247. The van der Waals surface area contributed by atoms with Crippen LogP contribution in [0.3, 0.4) is 0 Å². The van der Waals surface area contributed by atoms with Gasteiger partial charge in [0.15, 0.2) is 6.54 Å². The van der Waals surface area contributed by atoms with Crippen LogP contribution in [0.25, 0.3) is 0 Å². The zero-order valence-corrected chi connectivity index (χ0v) is 18.0. The maximum absolute atomic E-state index is 12.7. The molecule has 0 aliphatic carbocycles. The number of Topliss-reactive ketones (excluding diaryl/α,β-unsaturated/α-hetero) is 1. The lowest BCUT2D eigenvalue weighted by molar-refractivity contribution is -0.744. The summed E-state index contributed by atoms with van der Waals surface area (Å²) in [5, 5.41) is 6.77. The number of benzene rings is 2. The van der Waals surface area contributed by atoms with E-state index in [2.05, 4.69) is 26.2 Å². The molecule has 0 bridgehead atoms. The molecule has 0 unspecified atom stereocenters. The van der Waals surface area contributed by atoms with Crippen molar-refractivity contribution in [3.63, 3.8) is 0 Å². The molecule has 0 aliphatic rings. The molecular weight excluding hydrogens is 452 g/mol. The van der Waals surface area contributed by atoms with E-state index in [0.717, 1.165) is 25.1 Å². The highest BCUT2D eigenvalue weighted by atomic mass is 79.9. The van der Waals surface area contributed by atoms with Crippen molar-refractivity contribution in [2.45, 2.75) is 20.4 Å². The number of carbonyl (C=O) groups is 2. The molecule has 1 heterocycles. The molecule has 30 heavy (non-hydrogen) atoms. The first-order chi connectivity index (χ1) is 14.4. The average molecular weight is 472 g/mol. The number of ketones is 1. The van der Waals surface area contributed by atoms with Gasteiger partial charge in [0.25, 0.3) is 0 Å². The molecule has 1 aromatic heterocycles. The van der Waals surface area contributed by atoms with Crippen LogP contribution in [0.2, 0.25) is 0 Å². The smallest absolute Gasteiger partial charge is 0.434 e. The molecule has 8 nitrogen and oxygen atoms in total. The van der Waals surface area contributed by atoms with E-state index >= 15 is 0 Å². The summed E-state index contributed by atoms with van der Waals surface area (Å²) in [4.78, 5) is 38.6. The second kappa shape index (κ2) is 9.45. The van der Waals surface area contributed by atoms with Crippen LogP contribution < -0.4 is 10.2 Å². The summed E-state index contributed by atoms with van der Waals surface area (Å²) in [5.74, 6) is -1.11. The highest BCUT2D eigenvalue weighted by molar-refractivity contribution is 9.10. The number of H-pyrrole nitrogens is 1. The fraction of sp³-hybridized carbons (Fsp3) is 0.190. The number of aromatic amines is 1. The molecule has 3 aromatic rings. The third-order valence-corrected chi connectivity index (χ3v) is 4.75.